The van der Waals surface area contributed by atoms with Crippen LogP contribution in [0.1, 0.15) is 18.1 Å². The van der Waals surface area contributed by atoms with E-state index in [2.05, 4.69) is 27.6 Å². The first kappa shape index (κ1) is 21.6. The number of halogens is 2. The molecular weight excluding hydrogens is 506 g/mol. The van der Waals surface area contributed by atoms with Crippen LogP contribution in [0.5, 0.6) is 11.5 Å². The van der Waals surface area contributed by atoms with Gasteiger partial charge in [-0.25, -0.2) is 4.39 Å². The lowest BCUT2D eigenvalue weighted by Gasteiger charge is -2.15. The van der Waals surface area contributed by atoms with Crippen LogP contribution in [0.4, 0.5) is 4.39 Å². The number of nitrogens with zero attached hydrogens (tertiary/aromatic N) is 2. The first-order valence-electron chi connectivity index (χ1n) is 8.91. The number of ether oxygens (including phenoxy) is 2. The molecule has 5 nitrogen and oxygen atoms in total. The van der Waals surface area contributed by atoms with Crippen molar-refractivity contribution in [2.24, 2.45) is 4.99 Å². The monoisotopic (exact) mass is 526 g/mol. The average molecular weight is 526 g/mol. The van der Waals surface area contributed by atoms with Gasteiger partial charge in [0.25, 0.3) is 5.91 Å². The molecule has 0 unspecified atom stereocenters. The van der Waals surface area contributed by atoms with Crippen LogP contribution >= 0.6 is 34.4 Å². The minimum Gasteiger partial charge on any atom is -0.490 e. The fraction of sp³-hybridized carbons (Fsp3) is 0.238. The van der Waals surface area contributed by atoms with Crippen molar-refractivity contribution in [3.8, 4) is 11.5 Å². The largest absolute Gasteiger partial charge is 0.490 e. The maximum atomic E-state index is 13.1. The predicted octanol–water partition coefficient (Wildman–Crippen LogP) is 4.94. The minimum atomic E-state index is -0.281. The van der Waals surface area contributed by atoms with E-state index in [1.807, 2.05) is 25.1 Å². The SMILES string of the molecule is CCOc1cc(/C=C2/SC(=NC)N(C)C2=O)cc(I)c1OCc1ccc(F)cc1. The zero-order valence-electron chi connectivity index (χ0n) is 16.2. The third kappa shape index (κ3) is 5.11. The Bertz CT molecular complexity index is 977. The maximum Gasteiger partial charge on any atom is 0.266 e. The van der Waals surface area contributed by atoms with Crippen molar-refractivity contribution in [1.82, 2.24) is 4.90 Å². The second-order valence-electron chi connectivity index (χ2n) is 6.16. The Morgan fingerprint density at radius 2 is 1.97 bits per heavy atom. The van der Waals surface area contributed by atoms with E-state index in [1.54, 1.807) is 26.2 Å². The zero-order chi connectivity index (χ0) is 21.0. The maximum absolute atomic E-state index is 13.1. The molecule has 0 aliphatic carbocycles. The number of likely N-dealkylation sites (N-methyl/N-ethyl adjacent to an activating group) is 1. The molecule has 8 heteroatoms. The standard InChI is InChI=1S/C21H20FIN2O3S/c1-4-27-17-10-14(11-18-20(26)25(3)21(24-2)29-18)9-16(23)19(17)28-12-13-5-7-15(22)8-6-13/h5-11H,4,12H2,1-3H3/b18-11+,24-21?. The Labute approximate surface area is 187 Å². The van der Waals surface area contributed by atoms with Crippen molar-refractivity contribution in [3.05, 3.63) is 61.8 Å². The Morgan fingerprint density at radius 1 is 1.24 bits per heavy atom. The number of thioether (sulfide) groups is 1. The summed E-state index contributed by atoms with van der Waals surface area (Å²) in [5.74, 6) is 0.857. The lowest BCUT2D eigenvalue weighted by atomic mass is 10.1. The van der Waals surface area contributed by atoms with E-state index in [0.29, 0.717) is 34.8 Å². The molecule has 1 aliphatic heterocycles. The molecule has 0 aromatic heterocycles. The third-order valence-electron chi connectivity index (χ3n) is 4.12. The van der Waals surface area contributed by atoms with E-state index in [1.165, 1.54) is 28.8 Å². The minimum absolute atomic E-state index is 0.0831. The number of carbonyl (C=O) groups is 1. The van der Waals surface area contributed by atoms with Gasteiger partial charge in [-0.3, -0.25) is 14.7 Å². The van der Waals surface area contributed by atoms with Crippen LogP contribution in [0.25, 0.3) is 6.08 Å². The van der Waals surface area contributed by atoms with E-state index >= 15 is 0 Å². The summed E-state index contributed by atoms with van der Waals surface area (Å²) in [6, 6.07) is 9.98. The van der Waals surface area contributed by atoms with Gasteiger partial charge in [-0.1, -0.05) is 12.1 Å². The molecule has 2 aromatic carbocycles. The van der Waals surface area contributed by atoms with Crippen LogP contribution in [0.15, 0.2) is 46.3 Å². The molecule has 0 spiro atoms. The summed E-state index contributed by atoms with van der Waals surface area (Å²) in [7, 11) is 3.37. The van der Waals surface area contributed by atoms with Crippen LogP contribution < -0.4 is 9.47 Å². The lowest BCUT2D eigenvalue weighted by Crippen LogP contribution is -2.23. The van der Waals surface area contributed by atoms with Crippen molar-refractivity contribution in [1.29, 1.82) is 0 Å². The van der Waals surface area contributed by atoms with Gasteiger partial charge in [0, 0.05) is 14.1 Å². The van der Waals surface area contributed by atoms with Gasteiger partial charge in [0.1, 0.15) is 12.4 Å². The van der Waals surface area contributed by atoms with Gasteiger partial charge in [-0.15, -0.1) is 0 Å². The molecule has 1 amide bonds. The number of hydrogen-bond donors (Lipinski definition) is 0. The van der Waals surface area contributed by atoms with Gasteiger partial charge in [0.05, 0.1) is 15.1 Å². The molecule has 0 atom stereocenters. The van der Waals surface area contributed by atoms with Crippen molar-refractivity contribution < 1.29 is 18.7 Å². The van der Waals surface area contributed by atoms with Gasteiger partial charge < -0.3 is 9.47 Å². The van der Waals surface area contributed by atoms with Gasteiger partial charge in [-0.2, -0.15) is 0 Å². The van der Waals surface area contributed by atoms with Gasteiger partial charge in [0.2, 0.25) is 0 Å². The molecule has 1 fully saturated rings. The zero-order valence-corrected chi connectivity index (χ0v) is 19.2. The molecule has 0 saturated carbocycles. The number of benzene rings is 2. The van der Waals surface area contributed by atoms with Crippen molar-refractivity contribution in [3.63, 3.8) is 0 Å². The summed E-state index contributed by atoms with van der Waals surface area (Å²) < 4.78 is 25.7. The Balaban J connectivity index is 1.87. The smallest absolute Gasteiger partial charge is 0.266 e. The van der Waals surface area contributed by atoms with Gasteiger partial charge in [-0.05, 0) is 82.7 Å². The molecule has 0 radical (unpaired) electrons. The van der Waals surface area contributed by atoms with Crippen molar-refractivity contribution in [2.45, 2.75) is 13.5 Å². The average Bonchev–Trinajstić information content (AvgIpc) is 2.97. The molecule has 29 heavy (non-hydrogen) atoms. The third-order valence-corrected chi connectivity index (χ3v) is 6.07. The second kappa shape index (κ2) is 9.62. The number of carbonyl (C=O) groups excluding carboxylic acids is 1. The van der Waals surface area contributed by atoms with Gasteiger partial charge in [0.15, 0.2) is 16.7 Å². The van der Waals surface area contributed by atoms with E-state index in [-0.39, 0.29) is 11.7 Å². The fourth-order valence-corrected chi connectivity index (χ4v) is 4.42. The van der Waals surface area contributed by atoms with E-state index in [9.17, 15) is 9.18 Å². The lowest BCUT2D eigenvalue weighted by molar-refractivity contribution is -0.121. The summed E-state index contributed by atoms with van der Waals surface area (Å²) >= 11 is 3.53. The molecule has 1 aliphatic rings. The first-order valence-corrected chi connectivity index (χ1v) is 10.8. The Morgan fingerprint density at radius 3 is 2.59 bits per heavy atom. The molecule has 0 N–H and O–H groups in total. The van der Waals surface area contributed by atoms with Crippen molar-refractivity contribution in [2.75, 3.05) is 20.7 Å². The quantitative estimate of drug-likeness (QED) is 0.396. The molecule has 1 saturated heterocycles. The van der Waals surface area contributed by atoms with E-state index in [4.69, 9.17) is 9.47 Å². The van der Waals surface area contributed by atoms with E-state index < -0.39 is 0 Å². The fourth-order valence-electron chi connectivity index (χ4n) is 2.71. The number of rotatable bonds is 6. The first-order chi connectivity index (χ1) is 13.9. The molecule has 3 rings (SSSR count). The van der Waals surface area contributed by atoms with Crippen LogP contribution in [0.2, 0.25) is 0 Å². The Kier molecular flexibility index (Phi) is 7.18. The molecule has 1 heterocycles. The summed E-state index contributed by atoms with van der Waals surface area (Å²) in [4.78, 5) is 18.7. The highest BCUT2D eigenvalue weighted by Gasteiger charge is 2.29. The van der Waals surface area contributed by atoms with Gasteiger partial charge >= 0.3 is 0 Å². The number of amides is 1. The highest BCUT2D eigenvalue weighted by atomic mass is 127. The Hall–Kier alpha value is -2.07. The normalized spacial score (nSPS) is 16.7. The molecule has 2 aromatic rings. The number of aliphatic imine (C=N–C) groups is 1. The molecule has 0 bridgehead atoms. The van der Waals surface area contributed by atoms with Crippen LogP contribution in [0.3, 0.4) is 0 Å². The predicted molar refractivity (Wildman–Crippen MR) is 123 cm³/mol. The summed E-state index contributed by atoms with van der Waals surface area (Å²) in [5, 5.41) is 0.667. The molecular formula is C21H20FIN2O3S. The van der Waals surface area contributed by atoms with Crippen LogP contribution in [0, 0.1) is 9.39 Å². The number of amidine groups is 1. The highest BCUT2D eigenvalue weighted by Crippen LogP contribution is 2.37. The van der Waals surface area contributed by atoms with E-state index in [0.717, 1.165) is 14.7 Å². The van der Waals surface area contributed by atoms with Crippen LogP contribution in [-0.2, 0) is 11.4 Å². The molecule has 152 valence electrons. The number of hydrogen-bond acceptors (Lipinski definition) is 5. The van der Waals surface area contributed by atoms with Crippen molar-refractivity contribution >= 4 is 51.5 Å². The van der Waals surface area contributed by atoms with Crippen LogP contribution in [-0.4, -0.2) is 36.7 Å². The summed E-state index contributed by atoms with van der Waals surface area (Å²) in [5.41, 5.74) is 1.70. The second-order valence-corrected chi connectivity index (χ2v) is 8.33. The topological polar surface area (TPSA) is 51.1 Å². The summed E-state index contributed by atoms with van der Waals surface area (Å²) in [6.45, 7) is 2.68. The summed E-state index contributed by atoms with van der Waals surface area (Å²) in [6.07, 6.45) is 1.83. The highest BCUT2D eigenvalue weighted by molar-refractivity contribution is 14.1.